The first kappa shape index (κ1) is 14.2. The maximum Gasteiger partial charge on any atom is 0.270 e. The molecule has 2 heterocycles. The van der Waals surface area contributed by atoms with Crippen molar-refractivity contribution in [2.75, 3.05) is 13.1 Å². The van der Waals surface area contributed by atoms with Gasteiger partial charge in [-0.25, -0.2) is 9.37 Å². The van der Waals surface area contributed by atoms with Gasteiger partial charge in [0.25, 0.3) is 5.91 Å². The molecule has 1 aliphatic rings. The van der Waals surface area contributed by atoms with Gasteiger partial charge in [0.15, 0.2) is 0 Å². The SMILES string of the molecule is O=C(NCC1CCCN1)c1csc(-c2ccc(F)cc2)n1. The van der Waals surface area contributed by atoms with Gasteiger partial charge < -0.3 is 10.6 Å². The van der Waals surface area contributed by atoms with Gasteiger partial charge in [-0.05, 0) is 43.7 Å². The van der Waals surface area contributed by atoms with Crippen molar-refractivity contribution in [3.8, 4) is 10.6 Å². The highest BCUT2D eigenvalue weighted by Crippen LogP contribution is 2.23. The van der Waals surface area contributed by atoms with Crippen LogP contribution in [0.25, 0.3) is 10.6 Å². The molecule has 6 heteroatoms. The number of thiazole rings is 1. The van der Waals surface area contributed by atoms with Crippen LogP contribution in [0, 0.1) is 5.82 Å². The van der Waals surface area contributed by atoms with Crippen LogP contribution in [0.5, 0.6) is 0 Å². The summed E-state index contributed by atoms with van der Waals surface area (Å²) in [6.07, 6.45) is 2.25. The molecule has 0 saturated carbocycles. The second kappa shape index (κ2) is 6.32. The fourth-order valence-electron chi connectivity index (χ4n) is 2.34. The van der Waals surface area contributed by atoms with Crippen LogP contribution in [-0.4, -0.2) is 30.0 Å². The monoisotopic (exact) mass is 305 g/mol. The average molecular weight is 305 g/mol. The molecule has 1 aromatic heterocycles. The van der Waals surface area contributed by atoms with Crippen molar-refractivity contribution in [3.05, 3.63) is 41.2 Å². The number of hydrogen-bond donors (Lipinski definition) is 2. The Balaban J connectivity index is 1.63. The molecule has 2 N–H and O–H groups in total. The van der Waals surface area contributed by atoms with Crippen molar-refractivity contribution in [3.63, 3.8) is 0 Å². The van der Waals surface area contributed by atoms with Gasteiger partial charge in [0.2, 0.25) is 0 Å². The van der Waals surface area contributed by atoms with E-state index < -0.39 is 0 Å². The number of carbonyl (C=O) groups is 1. The van der Waals surface area contributed by atoms with E-state index in [1.54, 1.807) is 17.5 Å². The zero-order valence-corrected chi connectivity index (χ0v) is 12.3. The summed E-state index contributed by atoms with van der Waals surface area (Å²) in [5.74, 6) is -0.439. The van der Waals surface area contributed by atoms with Crippen molar-refractivity contribution in [2.24, 2.45) is 0 Å². The molecule has 1 fully saturated rings. The van der Waals surface area contributed by atoms with Crippen molar-refractivity contribution in [1.29, 1.82) is 0 Å². The number of nitrogens with one attached hydrogen (secondary N) is 2. The number of halogens is 1. The lowest BCUT2D eigenvalue weighted by Crippen LogP contribution is -2.37. The molecule has 4 nitrogen and oxygen atoms in total. The highest BCUT2D eigenvalue weighted by molar-refractivity contribution is 7.13. The molecule has 0 spiro atoms. The fourth-order valence-corrected chi connectivity index (χ4v) is 3.15. The Morgan fingerprint density at radius 2 is 2.24 bits per heavy atom. The predicted molar refractivity (Wildman–Crippen MR) is 80.9 cm³/mol. The van der Waals surface area contributed by atoms with Gasteiger partial charge >= 0.3 is 0 Å². The van der Waals surface area contributed by atoms with Crippen LogP contribution in [0.2, 0.25) is 0 Å². The van der Waals surface area contributed by atoms with Crippen LogP contribution in [0.1, 0.15) is 23.3 Å². The molecule has 110 valence electrons. The molecule has 1 atom stereocenters. The summed E-state index contributed by atoms with van der Waals surface area (Å²) in [6.45, 7) is 1.65. The Labute approximate surface area is 126 Å². The van der Waals surface area contributed by atoms with Crippen LogP contribution in [0.15, 0.2) is 29.6 Å². The molecule has 0 radical (unpaired) electrons. The Morgan fingerprint density at radius 1 is 1.43 bits per heavy atom. The number of hydrogen-bond acceptors (Lipinski definition) is 4. The minimum absolute atomic E-state index is 0.159. The van der Waals surface area contributed by atoms with Crippen LogP contribution in [-0.2, 0) is 0 Å². The lowest BCUT2D eigenvalue weighted by atomic mass is 10.2. The van der Waals surface area contributed by atoms with Crippen LogP contribution in [0.4, 0.5) is 4.39 Å². The fraction of sp³-hybridized carbons (Fsp3) is 0.333. The smallest absolute Gasteiger partial charge is 0.270 e. The van der Waals surface area contributed by atoms with Crippen molar-refractivity contribution >= 4 is 17.2 Å². The van der Waals surface area contributed by atoms with Gasteiger partial charge in [0.05, 0.1) is 0 Å². The van der Waals surface area contributed by atoms with Gasteiger partial charge in [-0.15, -0.1) is 11.3 Å². The maximum atomic E-state index is 12.9. The quantitative estimate of drug-likeness (QED) is 0.912. The van der Waals surface area contributed by atoms with E-state index in [0.29, 0.717) is 18.3 Å². The Morgan fingerprint density at radius 3 is 2.95 bits per heavy atom. The molecular weight excluding hydrogens is 289 g/mol. The first-order chi connectivity index (χ1) is 10.2. The third kappa shape index (κ3) is 3.46. The minimum atomic E-state index is -0.280. The lowest BCUT2D eigenvalue weighted by molar-refractivity contribution is 0.0946. The summed E-state index contributed by atoms with van der Waals surface area (Å²) < 4.78 is 12.9. The molecule has 1 unspecified atom stereocenters. The van der Waals surface area contributed by atoms with Gasteiger partial charge in [-0.1, -0.05) is 0 Å². The normalized spacial score (nSPS) is 17.9. The Kier molecular flexibility index (Phi) is 4.26. The summed E-state index contributed by atoms with van der Waals surface area (Å²) in [6, 6.07) is 6.48. The van der Waals surface area contributed by atoms with Gasteiger partial charge in [-0.3, -0.25) is 4.79 Å². The van der Waals surface area contributed by atoms with Gasteiger partial charge in [-0.2, -0.15) is 0 Å². The summed E-state index contributed by atoms with van der Waals surface area (Å²) in [4.78, 5) is 16.4. The molecular formula is C15H16FN3OS. The Hall–Kier alpha value is -1.79. The summed E-state index contributed by atoms with van der Waals surface area (Å²) in [5, 5.41) is 8.68. The second-order valence-corrected chi connectivity index (χ2v) is 5.91. The topological polar surface area (TPSA) is 54.0 Å². The molecule has 0 aliphatic carbocycles. The molecule has 2 aromatic rings. The van der Waals surface area contributed by atoms with E-state index in [2.05, 4.69) is 15.6 Å². The van der Waals surface area contributed by atoms with E-state index in [9.17, 15) is 9.18 Å². The molecule has 1 aromatic carbocycles. The first-order valence-corrected chi connectivity index (χ1v) is 7.83. The molecule has 21 heavy (non-hydrogen) atoms. The van der Waals surface area contributed by atoms with Crippen LogP contribution >= 0.6 is 11.3 Å². The Bertz CT molecular complexity index is 620. The minimum Gasteiger partial charge on any atom is -0.349 e. The van der Waals surface area contributed by atoms with Gasteiger partial charge in [0.1, 0.15) is 16.5 Å². The highest BCUT2D eigenvalue weighted by Gasteiger charge is 2.17. The third-order valence-corrected chi connectivity index (χ3v) is 4.39. The summed E-state index contributed by atoms with van der Waals surface area (Å²) >= 11 is 1.38. The van der Waals surface area contributed by atoms with E-state index in [-0.39, 0.29) is 11.7 Å². The zero-order chi connectivity index (χ0) is 14.7. The zero-order valence-electron chi connectivity index (χ0n) is 11.4. The summed E-state index contributed by atoms with van der Waals surface area (Å²) in [7, 11) is 0. The number of nitrogens with zero attached hydrogens (tertiary/aromatic N) is 1. The third-order valence-electron chi connectivity index (χ3n) is 3.50. The first-order valence-electron chi connectivity index (χ1n) is 6.95. The largest absolute Gasteiger partial charge is 0.349 e. The number of amides is 1. The van der Waals surface area contributed by atoms with Gasteiger partial charge in [0, 0.05) is 23.5 Å². The van der Waals surface area contributed by atoms with Crippen molar-refractivity contribution in [1.82, 2.24) is 15.6 Å². The van der Waals surface area contributed by atoms with Crippen molar-refractivity contribution < 1.29 is 9.18 Å². The van der Waals surface area contributed by atoms with E-state index >= 15 is 0 Å². The molecule has 1 amide bonds. The van der Waals surface area contributed by atoms with E-state index in [1.807, 2.05) is 0 Å². The number of benzene rings is 1. The highest BCUT2D eigenvalue weighted by atomic mass is 32.1. The summed E-state index contributed by atoms with van der Waals surface area (Å²) in [5.41, 5.74) is 1.23. The number of aromatic nitrogens is 1. The van der Waals surface area contributed by atoms with Crippen LogP contribution < -0.4 is 10.6 Å². The van der Waals surface area contributed by atoms with Crippen molar-refractivity contribution in [2.45, 2.75) is 18.9 Å². The molecule has 1 saturated heterocycles. The standard InChI is InChI=1S/C15H16FN3OS/c16-11-5-3-10(4-6-11)15-19-13(9-21-15)14(20)18-8-12-2-1-7-17-12/h3-6,9,12,17H,1-2,7-8H2,(H,18,20). The second-order valence-electron chi connectivity index (χ2n) is 5.05. The average Bonchev–Trinajstić information content (AvgIpc) is 3.17. The predicted octanol–water partition coefficient (Wildman–Crippen LogP) is 2.43. The number of rotatable bonds is 4. The molecule has 1 aliphatic heterocycles. The van der Waals surface area contributed by atoms with E-state index in [0.717, 1.165) is 30.0 Å². The van der Waals surface area contributed by atoms with E-state index in [4.69, 9.17) is 0 Å². The van der Waals surface area contributed by atoms with Crippen LogP contribution in [0.3, 0.4) is 0 Å². The lowest BCUT2D eigenvalue weighted by Gasteiger charge is -2.10. The maximum absolute atomic E-state index is 12.9. The van der Waals surface area contributed by atoms with E-state index in [1.165, 1.54) is 23.5 Å². The number of carbonyl (C=O) groups excluding carboxylic acids is 1. The molecule has 3 rings (SSSR count). The molecule has 0 bridgehead atoms.